The summed E-state index contributed by atoms with van der Waals surface area (Å²) in [6, 6.07) is 16.2. The van der Waals surface area contributed by atoms with Crippen LogP contribution in [0.3, 0.4) is 0 Å². The molecule has 2 aromatic carbocycles. The summed E-state index contributed by atoms with van der Waals surface area (Å²) in [6.07, 6.45) is 3.43. The van der Waals surface area contributed by atoms with Crippen molar-refractivity contribution < 1.29 is 22.4 Å². The zero-order valence-electron chi connectivity index (χ0n) is 18.0. The lowest BCUT2D eigenvalue weighted by molar-refractivity contribution is 0.0977. The van der Waals surface area contributed by atoms with E-state index in [1.807, 2.05) is 0 Å². The molecule has 33 heavy (non-hydrogen) atoms. The first-order valence-corrected chi connectivity index (χ1v) is 12.2. The van der Waals surface area contributed by atoms with Gasteiger partial charge in [-0.1, -0.05) is 19.4 Å². The van der Waals surface area contributed by atoms with Gasteiger partial charge in [-0.3, -0.25) is 10.1 Å². The predicted molar refractivity (Wildman–Crippen MR) is 130 cm³/mol. The van der Waals surface area contributed by atoms with Crippen LogP contribution in [0, 0.1) is 0 Å². The van der Waals surface area contributed by atoms with Crippen LogP contribution < -0.4 is 20.1 Å². The highest BCUT2D eigenvalue weighted by Gasteiger charge is 2.15. The maximum atomic E-state index is 12.5. The van der Waals surface area contributed by atoms with E-state index < -0.39 is 10.0 Å². The van der Waals surface area contributed by atoms with Gasteiger partial charge in [-0.15, -0.1) is 0 Å². The van der Waals surface area contributed by atoms with Crippen LogP contribution in [-0.4, -0.2) is 26.0 Å². The molecule has 3 N–H and O–H groups in total. The summed E-state index contributed by atoms with van der Waals surface area (Å²) in [7, 11) is -3.70. The molecule has 0 saturated carbocycles. The number of ether oxygens (including phenoxy) is 1. The van der Waals surface area contributed by atoms with Crippen molar-refractivity contribution in [3.63, 3.8) is 0 Å². The first-order chi connectivity index (χ1) is 15.9. The van der Waals surface area contributed by atoms with Crippen molar-refractivity contribution in [2.24, 2.45) is 0 Å². The van der Waals surface area contributed by atoms with Crippen molar-refractivity contribution in [3.05, 3.63) is 78.3 Å². The van der Waals surface area contributed by atoms with Gasteiger partial charge in [-0.2, -0.15) is 0 Å². The van der Waals surface area contributed by atoms with Crippen molar-refractivity contribution >= 4 is 38.9 Å². The van der Waals surface area contributed by atoms with E-state index in [4.69, 9.17) is 21.4 Å². The van der Waals surface area contributed by atoms with Gasteiger partial charge in [0, 0.05) is 11.3 Å². The minimum absolute atomic E-state index is 0.0519. The van der Waals surface area contributed by atoms with E-state index >= 15 is 0 Å². The molecule has 1 aromatic heterocycles. The smallest absolute Gasteiger partial charge is 0.257 e. The molecule has 0 atom stereocenters. The maximum Gasteiger partial charge on any atom is 0.257 e. The number of thiocarbonyl (C=S) groups is 1. The SMILES string of the molecule is CCCCOc1cccc(C(=O)NC(=S)Nc2ccc(S(=O)(=O)NCc3ccco3)cc2)c1. The van der Waals surface area contributed by atoms with Crippen LogP contribution in [0.4, 0.5) is 5.69 Å². The molecule has 0 aliphatic carbocycles. The topological polar surface area (TPSA) is 110 Å². The van der Waals surface area contributed by atoms with Gasteiger partial charge in [0.25, 0.3) is 5.91 Å². The summed E-state index contributed by atoms with van der Waals surface area (Å²) in [6.45, 7) is 2.72. The fraction of sp³-hybridized carbons (Fsp3) is 0.217. The Morgan fingerprint density at radius 1 is 1.09 bits per heavy atom. The number of carbonyl (C=O) groups excluding carboxylic acids is 1. The molecule has 0 bridgehead atoms. The Morgan fingerprint density at radius 2 is 1.88 bits per heavy atom. The van der Waals surface area contributed by atoms with Crippen LogP contribution in [-0.2, 0) is 16.6 Å². The molecule has 0 unspecified atom stereocenters. The number of carbonyl (C=O) groups is 1. The maximum absolute atomic E-state index is 12.5. The molecule has 0 saturated heterocycles. The molecule has 0 spiro atoms. The van der Waals surface area contributed by atoms with Crippen LogP contribution in [0.1, 0.15) is 35.9 Å². The number of nitrogens with one attached hydrogen (secondary N) is 3. The molecular formula is C23H25N3O5S2. The van der Waals surface area contributed by atoms with Crippen molar-refractivity contribution in [2.75, 3.05) is 11.9 Å². The van der Waals surface area contributed by atoms with Crippen LogP contribution in [0.5, 0.6) is 5.75 Å². The highest BCUT2D eigenvalue weighted by atomic mass is 32.2. The van der Waals surface area contributed by atoms with Gasteiger partial charge < -0.3 is 14.5 Å². The summed E-state index contributed by atoms with van der Waals surface area (Å²) >= 11 is 5.21. The van der Waals surface area contributed by atoms with Crippen LogP contribution in [0.25, 0.3) is 0 Å². The van der Waals surface area contributed by atoms with E-state index in [0.29, 0.717) is 29.4 Å². The van der Waals surface area contributed by atoms with Gasteiger partial charge in [0.05, 0.1) is 24.3 Å². The molecular weight excluding hydrogens is 462 g/mol. The molecule has 10 heteroatoms. The monoisotopic (exact) mass is 487 g/mol. The molecule has 0 aliphatic heterocycles. The lowest BCUT2D eigenvalue weighted by Crippen LogP contribution is -2.34. The van der Waals surface area contributed by atoms with E-state index in [0.717, 1.165) is 12.8 Å². The average molecular weight is 488 g/mol. The minimum Gasteiger partial charge on any atom is -0.494 e. The van der Waals surface area contributed by atoms with Gasteiger partial charge in [-0.25, -0.2) is 13.1 Å². The quantitative estimate of drug-likeness (QED) is 0.292. The Balaban J connectivity index is 1.54. The van der Waals surface area contributed by atoms with E-state index in [1.165, 1.54) is 18.4 Å². The average Bonchev–Trinajstić information content (AvgIpc) is 3.32. The number of rotatable bonds is 10. The fourth-order valence-corrected chi connectivity index (χ4v) is 3.98. The second-order valence-corrected chi connectivity index (χ2v) is 9.24. The Kier molecular flexibility index (Phi) is 8.58. The second-order valence-electron chi connectivity index (χ2n) is 7.07. The Hall–Kier alpha value is -3.21. The third kappa shape index (κ3) is 7.41. The summed E-state index contributed by atoms with van der Waals surface area (Å²) in [5.74, 6) is 0.748. The molecule has 3 aromatic rings. The number of benzene rings is 2. The third-order valence-corrected chi connectivity index (χ3v) is 6.15. The second kappa shape index (κ2) is 11.6. The van der Waals surface area contributed by atoms with Gasteiger partial charge in [-0.05, 0) is 73.2 Å². The van der Waals surface area contributed by atoms with Crippen LogP contribution in [0.15, 0.2) is 76.2 Å². The number of furan rings is 1. The standard InChI is InChI=1S/C23H25N3O5S2/c1-2-3-13-30-19-7-4-6-17(15-19)22(27)26-23(32)25-18-9-11-21(12-10-18)33(28,29)24-16-20-8-5-14-31-20/h4-12,14-15,24H,2-3,13,16H2,1H3,(H2,25,26,27,32). The number of anilines is 1. The number of amides is 1. The summed E-state index contributed by atoms with van der Waals surface area (Å²) in [4.78, 5) is 12.6. The normalized spacial score (nSPS) is 11.1. The van der Waals surface area contributed by atoms with E-state index in [2.05, 4.69) is 22.3 Å². The van der Waals surface area contributed by atoms with E-state index in [1.54, 1.807) is 48.5 Å². The summed E-state index contributed by atoms with van der Waals surface area (Å²) in [5, 5.41) is 5.56. The first kappa shape index (κ1) is 24.4. The zero-order chi connectivity index (χ0) is 23.7. The summed E-state index contributed by atoms with van der Waals surface area (Å²) < 4.78 is 38.0. The van der Waals surface area contributed by atoms with Gasteiger partial charge in [0.1, 0.15) is 11.5 Å². The van der Waals surface area contributed by atoms with Crippen molar-refractivity contribution in [3.8, 4) is 5.75 Å². The van der Waals surface area contributed by atoms with Gasteiger partial charge >= 0.3 is 0 Å². The molecule has 174 valence electrons. The number of sulfonamides is 1. The molecule has 0 radical (unpaired) electrons. The number of hydrogen-bond acceptors (Lipinski definition) is 6. The third-order valence-electron chi connectivity index (χ3n) is 4.53. The Morgan fingerprint density at radius 3 is 2.58 bits per heavy atom. The van der Waals surface area contributed by atoms with Crippen molar-refractivity contribution in [1.29, 1.82) is 0 Å². The minimum atomic E-state index is -3.70. The molecule has 3 rings (SSSR count). The lowest BCUT2D eigenvalue weighted by Gasteiger charge is -2.11. The molecule has 8 nitrogen and oxygen atoms in total. The molecule has 0 fully saturated rings. The Bertz CT molecular complexity index is 1180. The van der Waals surface area contributed by atoms with Gasteiger partial charge in [0.15, 0.2) is 5.11 Å². The number of unbranched alkanes of at least 4 members (excludes halogenated alkanes) is 1. The van der Waals surface area contributed by atoms with Crippen LogP contribution in [0.2, 0.25) is 0 Å². The zero-order valence-corrected chi connectivity index (χ0v) is 19.7. The number of hydrogen-bond donors (Lipinski definition) is 3. The fourth-order valence-electron chi connectivity index (χ4n) is 2.78. The molecule has 0 aliphatic rings. The molecule has 1 amide bonds. The summed E-state index contributed by atoms with van der Waals surface area (Å²) in [5.41, 5.74) is 0.944. The highest BCUT2D eigenvalue weighted by molar-refractivity contribution is 7.89. The van der Waals surface area contributed by atoms with E-state index in [-0.39, 0.29) is 22.5 Å². The largest absolute Gasteiger partial charge is 0.494 e. The molecule has 1 heterocycles. The first-order valence-electron chi connectivity index (χ1n) is 10.3. The Labute approximate surface area is 198 Å². The van der Waals surface area contributed by atoms with E-state index in [9.17, 15) is 13.2 Å². The van der Waals surface area contributed by atoms with Gasteiger partial charge in [0.2, 0.25) is 10.0 Å². The predicted octanol–water partition coefficient (Wildman–Crippen LogP) is 4.06. The van der Waals surface area contributed by atoms with Crippen molar-refractivity contribution in [1.82, 2.24) is 10.0 Å². The van der Waals surface area contributed by atoms with Crippen molar-refractivity contribution in [2.45, 2.75) is 31.2 Å². The lowest BCUT2D eigenvalue weighted by atomic mass is 10.2. The highest BCUT2D eigenvalue weighted by Crippen LogP contribution is 2.16. The van der Waals surface area contributed by atoms with Crippen LogP contribution >= 0.6 is 12.2 Å².